The van der Waals surface area contributed by atoms with Crippen LogP contribution < -0.4 is 5.32 Å². The van der Waals surface area contributed by atoms with E-state index in [1.807, 2.05) is 30.5 Å². The van der Waals surface area contributed by atoms with Crippen molar-refractivity contribution in [2.24, 2.45) is 0 Å². The monoisotopic (exact) mass is 284 g/mol. The normalized spacial score (nSPS) is 14.1. The van der Waals surface area contributed by atoms with E-state index in [4.69, 9.17) is 0 Å². The zero-order valence-electron chi connectivity index (χ0n) is 13.0. The second-order valence-electron chi connectivity index (χ2n) is 5.75. The van der Waals surface area contributed by atoms with E-state index in [-0.39, 0.29) is 6.04 Å². The molecule has 3 heteroatoms. The molecule has 0 aliphatic rings. The topological polar surface area (TPSA) is 45.1 Å². The summed E-state index contributed by atoms with van der Waals surface area (Å²) in [5, 5.41) is 13.6. The van der Waals surface area contributed by atoms with Gasteiger partial charge in [-0.05, 0) is 35.6 Å². The number of benzene rings is 1. The van der Waals surface area contributed by atoms with Crippen molar-refractivity contribution in [2.75, 3.05) is 6.54 Å². The molecule has 112 valence electrons. The van der Waals surface area contributed by atoms with Crippen LogP contribution in [-0.4, -0.2) is 16.6 Å². The molecular formula is C18H24N2O. The van der Waals surface area contributed by atoms with Crippen LogP contribution in [-0.2, 0) is 0 Å². The quantitative estimate of drug-likeness (QED) is 0.852. The van der Waals surface area contributed by atoms with Gasteiger partial charge in [-0.25, -0.2) is 0 Å². The third-order valence-electron chi connectivity index (χ3n) is 3.79. The largest absolute Gasteiger partial charge is 0.387 e. The second kappa shape index (κ2) is 7.34. The van der Waals surface area contributed by atoms with Gasteiger partial charge in [0.15, 0.2) is 0 Å². The summed E-state index contributed by atoms with van der Waals surface area (Å²) in [5.41, 5.74) is 3.37. The maximum Gasteiger partial charge on any atom is 0.0914 e. The molecule has 0 aliphatic heterocycles. The first-order valence-electron chi connectivity index (χ1n) is 7.49. The number of hydrogen-bond acceptors (Lipinski definition) is 3. The first-order valence-corrected chi connectivity index (χ1v) is 7.49. The number of aromatic nitrogens is 1. The summed E-state index contributed by atoms with van der Waals surface area (Å²) in [4.78, 5) is 4.11. The minimum Gasteiger partial charge on any atom is -0.387 e. The zero-order valence-corrected chi connectivity index (χ0v) is 13.0. The van der Waals surface area contributed by atoms with E-state index in [1.165, 1.54) is 5.56 Å². The Hall–Kier alpha value is -1.71. The van der Waals surface area contributed by atoms with Crippen LogP contribution in [0.15, 0.2) is 48.8 Å². The molecule has 0 aliphatic carbocycles. The van der Waals surface area contributed by atoms with E-state index in [2.05, 4.69) is 43.2 Å². The molecule has 2 aromatic rings. The standard InChI is InChI=1S/C18H24N2O/c1-13(2)15-6-8-16(9-7-15)18(21)12-20-14(3)17-5-4-10-19-11-17/h4-11,13-14,18,20-21H,12H2,1-3H3/t14-,18?/m0/s1. The van der Waals surface area contributed by atoms with Gasteiger partial charge in [-0.15, -0.1) is 0 Å². The fourth-order valence-electron chi connectivity index (χ4n) is 2.26. The summed E-state index contributed by atoms with van der Waals surface area (Å²) in [6.07, 6.45) is 3.12. The molecule has 0 amide bonds. The highest BCUT2D eigenvalue weighted by atomic mass is 16.3. The molecular weight excluding hydrogens is 260 g/mol. The smallest absolute Gasteiger partial charge is 0.0914 e. The van der Waals surface area contributed by atoms with Gasteiger partial charge in [-0.3, -0.25) is 4.98 Å². The Kier molecular flexibility index (Phi) is 5.48. The third-order valence-corrected chi connectivity index (χ3v) is 3.79. The van der Waals surface area contributed by atoms with Crippen molar-refractivity contribution in [1.82, 2.24) is 10.3 Å². The maximum atomic E-state index is 10.3. The number of hydrogen-bond donors (Lipinski definition) is 2. The van der Waals surface area contributed by atoms with Crippen LogP contribution in [0.1, 0.15) is 55.5 Å². The molecule has 2 atom stereocenters. The van der Waals surface area contributed by atoms with Crippen LogP contribution in [0.25, 0.3) is 0 Å². The summed E-state index contributed by atoms with van der Waals surface area (Å²) >= 11 is 0. The first-order chi connectivity index (χ1) is 10.1. The fourth-order valence-corrected chi connectivity index (χ4v) is 2.26. The van der Waals surface area contributed by atoms with Gasteiger partial charge in [0.05, 0.1) is 6.10 Å². The maximum absolute atomic E-state index is 10.3. The lowest BCUT2D eigenvalue weighted by Gasteiger charge is -2.18. The van der Waals surface area contributed by atoms with Gasteiger partial charge >= 0.3 is 0 Å². The molecule has 1 unspecified atom stereocenters. The number of aliphatic hydroxyl groups excluding tert-OH is 1. The lowest BCUT2D eigenvalue weighted by Crippen LogP contribution is -2.24. The van der Waals surface area contributed by atoms with Gasteiger partial charge in [-0.2, -0.15) is 0 Å². The molecule has 21 heavy (non-hydrogen) atoms. The number of nitrogens with one attached hydrogen (secondary N) is 1. The molecule has 0 bridgehead atoms. The highest BCUT2D eigenvalue weighted by Gasteiger charge is 2.11. The SMILES string of the molecule is CC(C)c1ccc(C(O)CN[C@@H](C)c2cccnc2)cc1. The Balaban J connectivity index is 1.91. The van der Waals surface area contributed by atoms with Gasteiger partial charge in [0.25, 0.3) is 0 Å². The van der Waals surface area contributed by atoms with Gasteiger partial charge in [0.2, 0.25) is 0 Å². The van der Waals surface area contributed by atoms with Crippen molar-refractivity contribution < 1.29 is 5.11 Å². The highest BCUT2D eigenvalue weighted by Crippen LogP contribution is 2.19. The van der Waals surface area contributed by atoms with Gasteiger partial charge < -0.3 is 10.4 Å². The van der Waals surface area contributed by atoms with Crippen molar-refractivity contribution in [1.29, 1.82) is 0 Å². The highest BCUT2D eigenvalue weighted by molar-refractivity contribution is 5.26. The molecule has 3 nitrogen and oxygen atoms in total. The van der Waals surface area contributed by atoms with Crippen LogP contribution in [0.2, 0.25) is 0 Å². The molecule has 2 rings (SSSR count). The number of nitrogens with zero attached hydrogens (tertiary/aromatic N) is 1. The summed E-state index contributed by atoms with van der Waals surface area (Å²) in [7, 11) is 0. The van der Waals surface area contributed by atoms with Crippen molar-refractivity contribution in [3.63, 3.8) is 0 Å². The molecule has 0 saturated carbocycles. The minimum atomic E-state index is -0.495. The average molecular weight is 284 g/mol. The van der Waals surface area contributed by atoms with Gasteiger partial charge in [0, 0.05) is 25.0 Å². The Morgan fingerprint density at radius 2 is 1.67 bits per heavy atom. The van der Waals surface area contributed by atoms with E-state index < -0.39 is 6.10 Å². The summed E-state index contributed by atoms with van der Waals surface area (Å²) < 4.78 is 0. The number of pyridine rings is 1. The summed E-state index contributed by atoms with van der Waals surface area (Å²) in [5.74, 6) is 0.514. The van der Waals surface area contributed by atoms with Gasteiger partial charge in [-0.1, -0.05) is 44.2 Å². The minimum absolute atomic E-state index is 0.170. The van der Waals surface area contributed by atoms with E-state index in [1.54, 1.807) is 6.20 Å². The molecule has 2 N–H and O–H groups in total. The van der Waals surface area contributed by atoms with E-state index in [9.17, 15) is 5.11 Å². The Bertz CT molecular complexity index is 537. The third kappa shape index (κ3) is 4.38. The van der Waals surface area contributed by atoms with Crippen molar-refractivity contribution >= 4 is 0 Å². The fraction of sp³-hybridized carbons (Fsp3) is 0.389. The lowest BCUT2D eigenvalue weighted by atomic mass is 10.00. The Morgan fingerprint density at radius 3 is 2.24 bits per heavy atom. The van der Waals surface area contributed by atoms with E-state index in [0.29, 0.717) is 12.5 Å². The van der Waals surface area contributed by atoms with Crippen LogP contribution in [0, 0.1) is 0 Å². The molecule has 1 aromatic carbocycles. The van der Waals surface area contributed by atoms with Gasteiger partial charge in [0.1, 0.15) is 0 Å². The van der Waals surface area contributed by atoms with Crippen LogP contribution >= 0.6 is 0 Å². The summed E-state index contributed by atoms with van der Waals surface area (Å²) in [6, 6.07) is 12.3. The lowest BCUT2D eigenvalue weighted by molar-refractivity contribution is 0.170. The number of aliphatic hydroxyl groups is 1. The average Bonchev–Trinajstić information content (AvgIpc) is 2.53. The summed E-state index contributed by atoms with van der Waals surface area (Å²) in [6.45, 7) is 6.94. The van der Waals surface area contributed by atoms with Crippen molar-refractivity contribution in [3.05, 3.63) is 65.5 Å². The zero-order chi connectivity index (χ0) is 15.2. The predicted molar refractivity (Wildman–Crippen MR) is 86.1 cm³/mol. The van der Waals surface area contributed by atoms with Crippen LogP contribution in [0.3, 0.4) is 0 Å². The number of rotatable bonds is 6. The second-order valence-corrected chi connectivity index (χ2v) is 5.75. The molecule has 0 fully saturated rings. The van der Waals surface area contributed by atoms with Crippen LogP contribution in [0.4, 0.5) is 0 Å². The first kappa shape index (κ1) is 15.7. The molecule has 1 aromatic heterocycles. The Labute approximate surface area is 127 Å². The molecule has 0 radical (unpaired) electrons. The van der Waals surface area contributed by atoms with E-state index in [0.717, 1.165) is 11.1 Å². The van der Waals surface area contributed by atoms with E-state index >= 15 is 0 Å². The Morgan fingerprint density at radius 1 is 1.00 bits per heavy atom. The van der Waals surface area contributed by atoms with Crippen LogP contribution in [0.5, 0.6) is 0 Å². The van der Waals surface area contributed by atoms with Crippen molar-refractivity contribution in [3.8, 4) is 0 Å². The van der Waals surface area contributed by atoms with Crippen molar-refractivity contribution in [2.45, 2.75) is 38.8 Å². The molecule has 1 heterocycles. The molecule has 0 saturated heterocycles. The predicted octanol–water partition coefficient (Wildman–Crippen LogP) is 3.59. The molecule has 0 spiro atoms.